The molecule has 3 aromatic carbocycles. The van der Waals surface area contributed by atoms with Gasteiger partial charge in [-0.25, -0.2) is 0 Å². The fraction of sp³-hybridized carbons (Fsp3) is 0.404. The van der Waals surface area contributed by atoms with Crippen LogP contribution < -0.4 is 5.19 Å². The number of pyridine rings is 1. The van der Waals surface area contributed by atoms with Crippen LogP contribution in [0, 0.1) is 17.9 Å². The topological polar surface area (TPSA) is 63.3 Å². The van der Waals surface area contributed by atoms with E-state index in [9.17, 15) is 9.90 Å². The Kier molecular flexibility index (Phi) is 13.7. The van der Waals surface area contributed by atoms with Crippen molar-refractivity contribution in [3.63, 3.8) is 0 Å². The molecule has 0 fully saturated rings. The van der Waals surface area contributed by atoms with E-state index in [1.165, 1.54) is 38.9 Å². The van der Waals surface area contributed by atoms with Crippen molar-refractivity contribution in [3.8, 4) is 11.3 Å². The molecule has 2 aromatic heterocycles. The molecule has 0 aliphatic heterocycles. The minimum atomic E-state index is -1.42. The maximum absolute atomic E-state index is 11.7. The molecule has 1 radical (unpaired) electrons. The maximum Gasteiger partial charge on any atom is 0.162 e. The van der Waals surface area contributed by atoms with Gasteiger partial charge >= 0.3 is 0 Å². The minimum absolute atomic E-state index is 0. The molecular weight excluding hydrogens is 847 g/mol. The van der Waals surface area contributed by atoms with Gasteiger partial charge in [0.1, 0.15) is 11.3 Å². The van der Waals surface area contributed by atoms with Crippen LogP contribution in [0.25, 0.3) is 44.6 Å². The van der Waals surface area contributed by atoms with Crippen molar-refractivity contribution in [2.75, 3.05) is 0 Å². The van der Waals surface area contributed by atoms with Crippen LogP contribution in [0.1, 0.15) is 109 Å². The molecule has 0 amide bonds. The summed E-state index contributed by atoms with van der Waals surface area (Å²) in [6.45, 7) is 24.3. The van der Waals surface area contributed by atoms with E-state index in [0.29, 0.717) is 5.92 Å². The third kappa shape index (κ3) is 8.88. The van der Waals surface area contributed by atoms with E-state index in [-0.39, 0.29) is 48.9 Å². The van der Waals surface area contributed by atoms with Gasteiger partial charge in [-0.2, -0.15) is 0 Å². The molecule has 6 heteroatoms. The average molecular weight is 905 g/mol. The van der Waals surface area contributed by atoms with E-state index in [2.05, 4.69) is 120 Å². The summed E-state index contributed by atoms with van der Waals surface area (Å²) < 4.78 is 6.53. The Bertz CT molecular complexity index is 2120. The van der Waals surface area contributed by atoms with Gasteiger partial charge in [0.2, 0.25) is 0 Å². The van der Waals surface area contributed by atoms with Crippen LogP contribution >= 0.6 is 0 Å². The molecule has 0 bridgehead atoms. The van der Waals surface area contributed by atoms with Crippen molar-refractivity contribution >= 4 is 52.4 Å². The van der Waals surface area contributed by atoms with E-state index in [1.54, 1.807) is 0 Å². The molecule has 1 aliphatic rings. The van der Waals surface area contributed by atoms with Crippen LogP contribution in [0.4, 0.5) is 0 Å². The summed E-state index contributed by atoms with van der Waals surface area (Å²) in [6.07, 6.45) is 9.13. The minimum Gasteiger partial charge on any atom is -0.512 e. The number of aromatic nitrogens is 1. The fourth-order valence-electron chi connectivity index (χ4n) is 7.58. The van der Waals surface area contributed by atoms with Crippen molar-refractivity contribution in [3.05, 3.63) is 107 Å². The van der Waals surface area contributed by atoms with E-state index < -0.39 is 8.07 Å². The summed E-state index contributed by atoms with van der Waals surface area (Å²) in [5.41, 5.74) is 7.78. The van der Waals surface area contributed by atoms with Crippen molar-refractivity contribution in [1.29, 1.82) is 0 Å². The molecule has 5 aromatic rings. The van der Waals surface area contributed by atoms with E-state index >= 15 is 0 Å². The van der Waals surface area contributed by atoms with Crippen LogP contribution in [0.15, 0.2) is 83.1 Å². The molecule has 53 heavy (non-hydrogen) atoms. The van der Waals surface area contributed by atoms with Crippen molar-refractivity contribution in [2.24, 2.45) is 11.8 Å². The molecule has 6 rings (SSSR count). The molecule has 0 saturated heterocycles. The summed E-state index contributed by atoms with van der Waals surface area (Å²) in [4.78, 5) is 16.7. The van der Waals surface area contributed by atoms with Crippen LogP contribution in [-0.4, -0.2) is 23.9 Å². The number of hydrogen-bond acceptors (Lipinski definition) is 4. The van der Waals surface area contributed by atoms with Gasteiger partial charge in [0.05, 0.1) is 13.8 Å². The monoisotopic (exact) mass is 905 g/mol. The zero-order valence-corrected chi connectivity index (χ0v) is 37.0. The Morgan fingerprint density at radius 1 is 0.925 bits per heavy atom. The van der Waals surface area contributed by atoms with Gasteiger partial charge in [-0.3, -0.25) is 9.78 Å². The predicted octanol–water partition coefficient (Wildman–Crippen LogP) is 12.8. The normalized spacial score (nSPS) is 14.0. The zero-order valence-electron chi connectivity index (χ0n) is 33.6. The van der Waals surface area contributed by atoms with Gasteiger partial charge in [-0.15, -0.1) is 29.1 Å². The zero-order chi connectivity index (χ0) is 38.0. The molecule has 283 valence electrons. The summed E-state index contributed by atoms with van der Waals surface area (Å²) in [5, 5.41) is 14.8. The van der Waals surface area contributed by atoms with E-state index in [1.807, 2.05) is 33.9 Å². The first-order chi connectivity index (χ1) is 24.6. The van der Waals surface area contributed by atoms with E-state index in [0.717, 1.165) is 59.1 Å². The van der Waals surface area contributed by atoms with Crippen molar-refractivity contribution < 1.29 is 34.4 Å². The second kappa shape index (κ2) is 17.3. The average Bonchev–Trinajstić information content (AvgIpc) is 3.65. The number of carbonyl (C=O) groups is 1. The Morgan fingerprint density at radius 3 is 2.21 bits per heavy atom. The molecular formula is C47H58IrNO3Si-. The molecule has 0 unspecified atom stereocenters. The van der Waals surface area contributed by atoms with Crippen molar-refractivity contribution in [2.45, 2.75) is 112 Å². The summed E-state index contributed by atoms with van der Waals surface area (Å²) in [6, 6.07) is 25.6. The Labute approximate surface area is 332 Å². The molecule has 1 aliphatic carbocycles. The SMILES string of the molecule is CC(C)c1cc(-c2nccc3c2C(C)(C)C(c2cc4ccc([Si](C)(C)C)cc4o2)=C3)[c-]c2ccccc12.CCC(CC)C(=O)/C=C(\O)C(CC)CC.[Ir]. The number of ketones is 1. The van der Waals surface area contributed by atoms with Crippen molar-refractivity contribution in [1.82, 2.24) is 4.98 Å². The maximum atomic E-state index is 11.7. The molecule has 4 nitrogen and oxygen atoms in total. The number of nitrogens with zero attached hydrogens (tertiary/aromatic N) is 1. The number of aliphatic hydroxyl groups excluding tert-OH is 1. The predicted molar refractivity (Wildman–Crippen MR) is 224 cm³/mol. The third-order valence-corrected chi connectivity index (χ3v) is 13.0. The van der Waals surface area contributed by atoms with Crippen LogP contribution in [-0.2, 0) is 30.3 Å². The molecule has 0 atom stereocenters. The van der Waals surface area contributed by atoms with E-state index in [4.69, 9.17) is 9.40 Å². The first kappa shape index (κ1) is 42.2. The van der Waals surface area contributed by atoms with Gasteiger partial charge in [-0.05, 0) is 67.0 Å². The summed E-state index contributed by atoms with van der Waals surface area (Å²) in [5.74, 6) is 1.90. The summed E-state index contributed by atoms with van der Waals surface area (Å²) in [7, 11) is -1.42. The first-order valence-corrected chi connectivity index (χ1v) is 22.8. The third-order valence-electron chi connectivity index (χ3n) is 11.0. The number of hydrogen-bond donors (Lipinski definition) is 1. The second-order valence-electron chi connectivity index (χ2n) is 16.3. The second-order valence-corrected chi connectivity index (χ2v) is 21.3. The van der Waals surface area contributed by atoms with Gasteiger partial charge in [0.25, 0.3) is 0 Å². The van der Waals surface area contributed by atoms with Gasteiger partial charge in [0.15, 0.2) is 5.78 Å². The number of benzene rings is 3. The molecule has 2 heterocycles. The Balaban J connectivity index is 0.000000335. The number of allylic oxidation sites excluding steroid dienone is 3. The Morgan fingerprint density at radius 2 is 1.58 bits per heavy atom. The number of rotatable bonds is 11. The number of furan rings is 1. The number of fused-ring (bicyclic) bond motifs is 3. The van der Waals surface area contributed by atoms with Crippen LogP contribution in [0.3, 0.4) is 0 Å². The summed E-state index contributed by atoms with van der Waals surface area (Å²) >= 11 is 0. The molecule has 0 spiro atoms. The number of aliphatic hydroxyl groups is 1. The number of carbonyl (C=O) groups excluding carboxylic acids is 1. The Hall–Kier alpha value is -3.57. The largest absolute Gasteiger partial charge is 0.512 e. The standard InChI is InChI=1S/C34H34NOSi.C13H24O2.Ir/c1-21(2)28-17-25(16-22-10-8-9-11-27(22)28)33-32-24(14-15-35-33)18-29(34(32,3)4)31-19-23-12-13-26(37(5,6)7)20-30(23)36-31;1-5-10(6-2)12(14)9-13(15)11(7-3)8-4;/h8-15,17-21H,1-7H3;9-11,14H,5-8H2,1-4H3;/q-1;;/b;12-9-;. The smallest absolute Gasteiger partial charge is 0.162 e. The fourth-order valence-corrected chi connectivity index (χ4v) is 8.73. The van der Waals surface area contributed by atoms with Gasteiger partial charge < -0.3 is 9.52 Å². The molecule has 0 saturated carbocycles. The van der Waals surface area contributed by atoms with Gasteiger partial charge in [-0.1, -0.05) is 121 Å². The molecule has 1 N–H and O–H groups in total. The van der Waals surface area contributed by atoms with Gasteiger partial charge in [0, 0.05) is 66.3 Å². The quantitative estimate of drug-likeness (QED) is 0.0621. The van der Waals surface area contributed by atoms with Crippen LogP contribution in [0.2, 0.25) is 19.6 Å². The van der Waals surface area contributed by atoms with Crippen LogP contribution in [0.5, 0.6) is 0 Å². The first-order valence-electron chi connectivity index (χ1n) is 19.3.